The third-order valence-corrected chi connectivity index (χ3v) is 3.55. The van der Waals surface area contributed by atoms with Gasteiger partial charge in [0.25, 0.3) is 0 Å². The number of rotatable bonds is 8. The van der Waals surface area contributed by atoms with Gasteiger partial charge in [-0.25, -0.2) is 0 Å². The first-order valence-electron chi connectivity index (χ1n) is 7.75. The second kappa shape index (κ2) is 7.79. The van der Waals surface area contributed by atoms with Gasteiger partial charge in [0.1, 0.15) is 0 Å². The molecule has 0 fully saturated rings. The van der Waals surface area contributed by atoms with E-state index in [1.165, 1.54) is 11.1 Å². The number of benzene rings is 1. The van der Waals surface area contributed by atoms with E-state index in [1.54, 1.807) is 0 Å². The molecule has 0 aliphatic heterocycles. The molecule has 1 N–H and O–H groups in total. The van der Waals surface area contributed by atoms with Gasteiger partial charge in [-0.15, -0.1) is 6.58 Å². The predicted molar refractivity (Wildman–Crippen MR) is 91.8 cm³/mol. The van der Waals surface area contributed by atoms with Crippen LogP contribution in [-0.4, -0.2) is 24.6 Å². The number of nitrogens with zero attached hydrogens (tertiary/aromatic N) is 2. The highest BCUT2D eigenvalue weighted by Crippen LogP contribution is 2.26. The molecule has 0 atom stereocenters. The molecule has 0 aliphatic carbocycles. The predicted octanol–water partition coefficient (Wildman–Crippen LogP) is 3.75. The van der Waals surface area contributed by atoms with Crippen molar-refractivity contribution >= 4 is 16.6 Å². The van der Waals surface area contributed by atoms with Gasteiger partial charge < -0.3 is 10.2 Å². The molecule has 3 nitrogen and oxygen atoms in total. The number of aromatic nitrogens is 1. The van der Waals surface area contributed by atoms with Gasteiger partial charge in [-0.3, -0.25) is 4.98 Å². The second-order valence-electron chi connectivity index (χ2n) is 5.15. The van der Waals surface area contributed by atoms with E-state index < -0.39 is 0 Å². The van der Waals surface area contributed by atoms with Gasteiger partial charge in [-0.1, -0.05) is 31.2 Å². The molecule has 0 spiro atoms. The number of nitrogens with one attached hydrogen (secondary N) is 1. The molecule has 0 saturated carbocycles. The maximum Gasteiger partial charge on any atom is 0.0726 e. The summed E-state index contributed by atoms with van der Waals surface area (Å²) >= 11 is 0. The van der Waals surface area contributed by atoms with E-state index in [-0.39, 0.29) is 0 Å². The lowest BCUT2D eigenvalue weighted by atomic mass is 10.1. The minimum absolute atomic E-state index is 0.817. The Bertz CT molecular complexity index is 592. The smallest absolute Gasteiger partial charge is 0.0726 e. The van der Waals surface area contributed by atoms with E-state index in [2.05, 4.69) is 54.9 Å². The molecule has 112 valence electrons. The molecule has 0 amide bonds. The Morgan fingerprint density at radius 2 is 2.10 bits per heavy atom. The summed E-state index contributed by atoms with van der Waals surface area (Å²) in [6.07, 6.45) is 3.09. The fourth-order valence-corrected chi connectivity index (χ4v) is 2.51. The molecular weight excluding hydrogens is 258 g/mol. The van der Waals surface area contributed by atoms with Crippen molar-refractivity contribution in [3.63, 3.8) is 0 Å². The summed E-state index contributed by atoms with van der Waals surface area (Å²) < 4.78 is 0. The molecule has 0 bridgehead atoms. The normalized spacial score (nSPS) is 10.8. The molecule has 0 saturated heterocycles. The van der Waals surface area contributed by atoms with E-state index in [1.807, 2.05) is 12.1 Å². The minimum atomic E-state index is 0.817. The summed E-state index contributed by atoms with van der Waals surface area (Å²) in [5.41, 5.74) is 3.40. The third kappa shape index (κ3) is 3.82. The van der Waals surface area contributed by atoms with Crippen molar-refractivity contribution in [1.82, 2.24) is 10.3 Å². The van der Waals surface area contributed by atoms with Gasteiger partial charge in [0, 0.05) is 30.7 Å². The SMILES string of the molecule is C=CCN(CC)c1cc(CNCCC)nc2ccccc12. The van der Waals surface area contributed by atoms with Crippen molar-refractivity contribution in [2.24, 2.45) is 0 Å². The van der Waals surface area contributed by atoms with Crippen LogP contribution in [0.15, 0.2) is 43.0 Å². The van der Waals surface area contributed by atoms with Crippen LogP contribution in [0.1, 0.15) is 26.0 Å². The Kier molecular flexibility index (Phi) is 5.76. The average molecular weight is 283 g/mol. The molecule has 1 aromatic heterocycles. The van der Waals surface area contributed by atoms with E-state index in [0.717, 1.165) is 43.8 Å². The fourth-order valence-electron chi connectivity index (χ4n) is 2.51. The molecule has 21 heavy (non-hydrogen) atoms. The Balaban J connectivity index is 2.41. The largest absolute Gasteiger partial charge is 0.367 e. The monoisotopic (exact) mass is 283 g/mol. The van der Waals surface area contributed by atoms with Crippen LogP contribution >= 0.6 is 0 Å². The highest BCUT2D eigenvalue weighted by Gasteiger charge is 2.10. The van der Waals surface area contributed by atoms with Crippen molar-refractivity contribution in [2.45, 2.75) is 26.8 Å². The number of hydrogen-bond donors (Lipinski definition) is 1. The maximum atomic E-state index is 4.77. The number of fused-ring (bicyclic) bond motifs is 1. The van der Waals surface area contributed by atoms with Crippen LogP contribution in [0, 0.1) is 0 Å². The average Bonchev–Trinajstić information content (AvgIpc) is 2.52. The summed E-state index contributed by atoms with van der Waals surface area (Å²) in [6.45, 7) is 11.9. The van der Waals surface area contributed by atoms with Gasteiger partial charge in [0.15, 0.2) is 0 Å². The first-order chi connectivity index (χ1) is 10.3. The Hall–Kier alpha value is -1.87. The standard InChI is InChI=1S/C18H25N3/c1-4-11-19-14-15-13-18(21(6-3)12-5-2)16-9-7-8-10-17(16)20-15/h5,7-10,13,19H,2,4,6,11-12,14H2,1,3H3. The van der Waals surface area contributed by atoms with Crippen LogP contribution in [0.3, 0.4) is 0 Å². The van der Waals surface area contributed by atoms with Crippen molar-refractivity contribution in [2.75, 3.05) is 24.5 Å². The van der Waals surface area contributed by atoms with Crippen LogP contribution in [0.5, 0.6) is 0 Å². The van der Waals surface area contributed by atoms with Crippen LogP contribution < -0.4 is 10.2 Å². The molecule has 2 aromatic rings. The van der Waals surface area contributed by atoms with E-state index in [4.69, 9.17) is 4.98 Å². The highest BCUT2D eigenvalue weighted by molar-refractivity contribution is 5.92. The molecule has 0 unspecified atom stereocenters. The van der Waals surface area contributed by atoms with Crippen LogP contribution in [0.25, 0.3) is 10.9 Å². The zero-order valence-corrected chi connectivity index (χ0v) is 13.1. The molecule has 1 heterocycles. The lowest BCUT2D eigenvalue weighted by Gasteiger charge is -2.23. The maximum absolute atomic E-state index is 4.77. The van der Waals surface area contributed by atoms with Gasteiger partial charge >= 0.3 is 0 Å². The van der Waals surface area contributed by atoms with Gasteiger partial charge in [-0.2, -0.15) is 0 Å². The molecule has 3 heteroatoms. The zero-order chi connectivity index (χ0) is 15.1. The number of pyridine rings is 1. The summed E-state index contributed by atoms with van der Waals surface area (Å²) in [6, 6.07) is 10.6. The quantitative estimate of drug-likeness (QED) is 0.591. The molecular formula is C18H25N3. The van der Waals surface area contributed by atoms with Gasteiger partial charge in [-0.05, 0) is 32.0 Å². The number of anilines is 1. The van der Waals surface area contributed by atoms with E-state index in [9.17, 15) is 0 Å². The highest BCUT2D eigenvalue weighted by atomic mass is 15.1. The fraction of sp³-hybridized carbons (Fsp3) is 0.389. The van der Waals surface area contributed by atoms with Gasteiger partial charge in [0.05, 0.1) is 11.2 Å². The van der Waals surface area contributed by atoms with Crippen molar-refractivity contribution in [1.29, 1.82) is 0 Å². The van der Waals surface area contributed by atoms with Gasteiger partial charge in [0.2, 0.25) is 0 Å². The van der Waals surface area contributed by atoms with Crippen molar-refractivity contribution in [3.05, 3.63) is 48.7 Å². The first-order valence-corrected chi connectivity index (χ1v) is 7.75. The summed E-state index contributed by atoms with van der Waals surface area (Å²) in [5.74, 6) is 0. The number of hydrogen-bond acceptors (Lipinski definition) is 3. The van der Waals surface area contributed by atoms with E-state index in [0.29, 0.717) is 0 Å². The second-order valence-corrected chi connectivity index (χ2v) is 5.15. The van der Waals surface area contributed by atoms with Crippen molar-refractivity contribution in [3.8, 4) is 0 Å². The minimum Gasteiger partial charge on any atom is -0.367 e. The zero-order valence-electron chi connectivity index (χ0n) is 13.1. The lowest BCUT2D eigenvalue weighted by molar-refractivity contribution is 0.665. The Morgan fingerprint density at radius 1 is 1.29 bits per heavy atom. The molecule has 0 aliphatic rings. The molecule has 2 rings (SSSR count). The number of likely N-dealkylation sites (N-methyl/N-ethyl adjacent to an activating group) is 1. The van der Waals surface area contributed by atoms with Crippen molar-refractivity contribution < 1.29 is 0 Å². The van der Waals surface area contributed by atoms with E-state index >= 15 is 0 Å². The molecule has 0 radical (unpaired) electrons. The Labute approximate surface area is 127 Å². The summed E-state index contributed by atoms with van der Waals surface area (Å²) in [5, 5.41) is 4.64. The van der Waals surface area contributed by atoms with Crippen LogP contribution in [-0.2, 0) is 6.54 Å². The Morgan fingerprint density at radius 3 is 2.81 bits per heavy atom. The summed E-state index contributed by atoms with van der Waals surface area (Å²) in [4.78, 5) is 7.10. The van der Waals surface area contributed by atoms with Crippen LogP contribution in [0.4, 0.5) is 5.69 Å². The number of para-hydroxylation sites is 1. The first kappa shape index (κ1) is 15.5. The topological polar surface area (TPSA) is 28.2 Å². The third-order valence-electron chi connectivity index (χ3n) is 3.55. The lowest BCUT2D eigenvalue weighted by Crippen LogP contribution is -2.23. The van der Waals surface area contributed by atoms with Crippen LogP contribution in [0.2, 0.25) is 0 Å². The summed E-state index contributed by atoms with van der Waals surface area (Å²) in [7, 11) is 0. The molecule has 1 aromatic carbocycles.